The van der Waals surface area contributed by atoms with Gasteiger partial charge in [-0.05, 0) is 62.4 Å². The van der Waals surface area contributed by atoms with Crippen LogP contribution in [0.15, 0.2) is 48.5 Å². The molecule has 0 saturated carbocycles. The lowest BCUT2D eigenvalue weighted by Gasteiger charge is -2.31. The van der Waals surface area contributed by atoms with Crippen molar-refractivity contribution < 1.29 is 19.1 Å². The summed E-state index contributed by atoms with van der Waals surface area (Å²) in [5.41, 5.74) is 0.628. The monoisotopic (exact) mass is 384 g/mol. The Balaban J connectivity index is 1.62. The quantitative estimate of drug-likeness (QED) is 0.795. The van der Waals surface area contributed by atoms with Gasteiger partial charge in [-0.1, -0.05) is 24.3 Å². The number of carbonyl (C=O) groups excluding carboxylic acids is 1. The van der Waals surface area contributed by atoms with E-state index in [2.05, 4.69) is 5.32 Å². The molecule has 2 N–H and O–H groups in total. The molecule has 1 unspecified atom stereocenters. The fourth-order valence-electron chi connectivity index (χ4n) is 3.71. The normalized spacial score (nSPS) is 16.8. The SMILES string of the molecule is CC(C)(Nc1ccccc1)C(=O)N1CCC(Cc2ccc(F)c(C(=O)O)c2)C1. The molecule has 2 aromatic carbocycles. The number of nitrogens with one attached hydrogen (secondary N) is 1. The van der Waals surface area contributed by atoms with E-state index in [1.807, 2.05) is 49.1 Å². The molecule has 1 saturated heterocycles. The third-order valence-electron chi connectivity index (χ3n) is 5.12. The van der Waals surface area contributed by atoms with Gasteiger partial charge in [0, 0.05) is 18.8 Å². The van der Waals surface area contributed by atoms with Crippen LogP contribution in [0.1, 0.15) is 36.2 Å². The molecular formula is C22H25FN2O3. The van der Waals surface area contributed by atoms with E-state index in [9.17, 15) is 14.0 Å². The lowest BCUT2D eigenvalue weighted by molar-refractivity contribution is -0.134. The van der Waals surface area contributed by atoms with Crippen LogP contribution in [-0.2, 0) is 11.2 Å². The van der Waals surface area contributed by atoms with E-state index in [0.717, 1.165) is 17.7 Å². The van der Waals surface area contributed by atoms with Gasteiger partial charge in [0.25, 0.3) is 0 Å². The molecule has 1 heterocycles. The van der Waals surface area contributed by atoms with Crippen molar-refractivity contribution in [3.05, 3.63) is 65.5 Å². The zero-order valence-corrected chi connectivity index (χ0v) is 16.1. The Kier molecular flexibility index (Phi) is 5.68. The Morgan fingerprint density at radius 2 is 1.93 bits per heavy atom. The Morgan fingerprint density at radius 1 is 1.21 bits per heavy atom. The number of para-hydroxylation sites is 1. The van der Waals surface area contributed by atoms with E-state index in [-0.39, 0.29) is 17.4 Å². The van der Waals surface area contributed by atoms with Crippen molar-refractivity contribution in [1.82, 2.24) is 4.90 Å². The summed E-state index contributed by atoms with van der Waals surface area (Å²) in [6, 6.07) is 13.8. The number of carbonyl (C=O) groups is 2. The van der Waals surface area contributed by atoms with Crippen molar-refractivity contribution in [2.45, 2.75) is 32.2 Å². The van der Waals surface area contributed by atoms with Crippen LogP contribution in [0.2, 0.25) is 0 Å². The lowest BCUT2D eigenvalue weighted by Crippen LogP contribution is -2.49. The molecule has 0 aromatic heterocycles. The van der Waals surface area contributed by atoms with Crippen LogP contribution < -0.4 is 5.32 Å². The number of carboxylic acid groups (broad SMARTS) is 1. The molecular weight excluding hydrogens is 359 g/mol. The van der Waals surface area contributed by atoms with E-state index >= 15 is 0 Å². The fraction of sp³-hybridized carbons (Fsp3) is 0.364. The standard InChI is InChI=1S/C22H25FN2O3/c1-22(2,24-17-6-4-3-5-7-17)21(28)25-11-10-16(14-25)12-15-8-9-19(23)18(13-15)20(26)27/h3-9,13,16,24H,10-12,14H2,1-2H3,(H,26,27). The van der Waals surface area contributed by atoms with Crippen molar-refractivity contribution >= 4 is 17.6 Å². The number of benzene rings is 2. The number of aromatic carboxylic acids is 1. The number of hydrogen-bond acceptors (Lipinski definition) is 3. The smallest absolute Gasteiger partial charge is 0.338 e. The van der Waals surface area contributed by atoms with E-state index in [1.54, 1.807) is 6.07 Å². The first-order valence-electron chi connectivity index (χ1n) is 9.40. The minimum atomic E-state index is -1.27. The van der Waals surface area contributed by atoms with Crippen molar-refractivity contribution in [1.29, 1.82) is 0 Å². The molecule has 6 heteroatoms. The predicted molar refractivity (Wildman–Crippen MR) is 106 cm³/mol. The number of rotatable bonds is 6. The highest BCUT2D eigenvalue weighted by molar-refractivity contribution is 5.89. The van der Waals surface area contributed by atoms with Crippen LogP contribution in [0.25, 0.3) is 0 Å². The summed E-state index contributed by atoms with van der Waals surface area (Å²) in [5.74, 6) is -1.74. The number of nitrogens with zero attached hydrogens (tertiary/aromatic N) is 1. The number of carboxylic acids is 1. The minimum absolute atomic E-state index is 0.0317. The number of halogens is 1. The second-order valence-electron chi connectivity index (χ2n) is 7.85. The van der Waals surface area contributed by atoms with Gasteiger partial charge in [0.15, 0.2) is 0 Å². The highest BCUT2D eigenvalue weighted by Crippen LogP contribution is 2.25. The van der Waals surface area contributed by atoms with Gasteiger partial charge in [-0.3, -0.25) is 4.79 Å². The third-order valence-corrected chi connectivity index (χ3v) is 5.12. The molecule has 3 rings (SSSR count). The van der Waals surface area contributed by atoms with Gasteiger partial charge in [0.05, 0.1) is 5.56 Å². The summed E-state index contributed by atoms with van der Waals surface area (Å²) in [4.78, 5) is 26.0. The maximum atomic E-state index is 13.6. The predicted octanol–water partition coefficient (Wildman–Crippen LogP) is 3.81. The largest absolute Gasteiger partial charge is 0.478 e. The third kappa shape index (κ3) is 4.50. The molecule has 148 valence electrons. The molecule has 1 amide bonds. The van der Waals surface area contributed by atoms with Crippen LogP contribution in [0, 0.1) is 11.7 Å². The van der Waals surface area contributed by atoms with Gasteiger partial charge >= 0.3 is 5.97 Å². The average Bonchev–Trinajstić information content (AvgIpc) is 3.11. The summed E-state index contributed by atoms with van der Waals surface area (Å²) in [7, 11) is 0. The Hall–Kier alpha value is -2.89. The maximum absolute atomic E-state index is 13.6. The second-order valence-corrected chi connectivity index (χ2v) is 7.85. The number of anilines is 1. The van der Waals surface area contributed by atoms with Gasteiger partial charge in [-0.15, -0.1) is 0 Å². The molecule has 28 heavy (non-hydrogen) atoms. The van der Waals surface area contributed by atoms with Crippen LogP contribution >= 0.6 is 0 Å². The van der Waals surface area contributed by atoms with Gasteiger partial charge < -0.3 is 15.3 Å². The van der Waals surface area contributed by atoms with E-state index in [1.165, 1.54) is 12.1 Å². The molecule has 1 fully saturated rings. The van der Waals surface area contributed by atoms with Crippen molar-refractivity contribution in [3.8, 4) is 0 Å². The molecule has 5 nitrogen and oxygen atoms in total. The molecule has 1 atom stereocenters. The van der Waals surface area contributed by atoms with Gasteiger partial charge in [-0.25, -0.2) is 9.18 Å². The Bertz CT molecular complexity index is 867. The first kappa shape index (κ1) is 19.9. The van der Waals surface area contributed by atoms with Gasteiger partial charge in [-0.2, -0.15) is 0 Å². The molecule has 0 radical (unpaired) electrons. The Morgan fingerprint density at radius 3 is 2.61 bits per heavy atom. The van der Waals surface area contributed by atoms with Gasteiger partial charge in [0.1, 0.15) is 11.4 Å². The van der Waals surface area contributed by atoms with Crippen LogP contribution in [0.5, 0.6) is 0 Å². The van der Waals surface area contributed by atoms with Crippen LogP contribution in [0.3, 0.4) is 0 Å². The van der Waals surface area contributed by atoms with Crippen LogP contribution in [-0.4, -0.2) is 40.5 Å². The molecule has 1 aliphatic rings. The van der Waals surface area contributed by atoms with Crippen molar-refractivity contribution in [2.75, 3.05) is 18.4 Å². The molecule has 1 aliphatic heterocycles. The zero-order valence-electron chi connectivity index (χ0n) is 16.1. The first-order valence-corrected chi connectivity index (χ1v) is 9.40. The highest BCUT2D eigenvalue weighted by Gasteiger charge is 2.36. The molecule has 2 aromatic rings. The topological polar surface area (TPSA) is 69.6 Å². The minimum Gasteiger partial charge on any atom is -0.478 e. The molecule has 0 bridgehead atoms. The summed E-state index contributed by atoms with van der Waals surface area (Å²) < 4.78 is 13.6. The van der Waals surface area contributed by atoms with E-state index in [0.29, 0.717) is 19.5 Å². The van der Waals surface area contributed by atoms with Crippen molar-refractivity contribution in [2.24, 2.45) is 5.92 Å². The van der Waals surface area contributed by atoms with Crippen LogP contribution in [0.4, 0.5) is 10.1 Å². The summed E-state index contributed by atoms with van der Waals surface area (Å²) in [6.45, 7) is 5.01. The summed E-state index contributed by atoms with van der Waals surface area (Å²) >= 11 is 0. The van der Waals surface area contributed by atoms with Crippen molar-refractivity contribution in [3.63, 3.8) is 0 Å². The maximum Gasteiger partial charge on any atom is 0.338 e. The average molecular weight is 384 g/mol. The number of amides is 1. The summed E-state index contributed by atoms with van der Waals surface area (Å²) in [6.07, 6.45) is 1.46. The van der Waals surface area contributed by atoms with E-state index < -0.39 is 17.3 Å². The van der Waals surface area contributed by atoms with Gasteiger partial charge in [0.2, 0.25) is 5.91 Å². The Labute approximate surface area is 164 Å². The molecule has 0 aliphatic carbocycles. The number of hydrogen-bond donors (Lipinski definition) is 2. The zero-order chi connectivity index (χ0) is 20.3. The first-order chi connectivity index (χ1) is 13.3. The van der Waals surface area contributed by atoms with E-state index in [4.69, 9.17) is 5.11 Å². The number of likely N-dealkylation sites (tertiary alicyclic amines) is 1. The summed E-state index contributed by atoms with van der Waals surface area (Å²) in [5, 5.41) is 12.4. The lowest BCUT2D eigenvalue weighted by atomic mass is 9.97. The molecule has 0 spiro atoms. The second kappa shape index (κ2) is 8.00. The highest BCUT2D eigenvalue weighted by atomic mass is 19.1. The fourth-order valence-corrected chi connectivity index (χ4v) is 3.71.